The van der Waals surface area contributed by atoms with Gasteiger partial charge in [-0.15, -0.1) is 0 Å². The first-order valence-electron chi connectivity index (χ1n) is 6.07. The predicted molar refractivity (Wildman–Crippen MR) is 72.0 cm³/mol. The molecule has 0 aliphatic rings. The lowest BCUT2D eigenvalue weighted by Crippen LogP contribution is -2.16. The standard InChI is InChI=1S/C13H16N4O3/c1-6-10(9(4)20-17-6)12(18)16-11-7(2)14-13(19-5)15-8(11)3/h1-5H3,(H,16,18). The second kappa shape index (κ2) is 5.28. The Bertz CT molecular complexity index is 621. The molecule has 0 saturated heterocycles. The Morgan fingerprint density at radius 3 is 2.15 bits per heavy atom. The fourth-order valence-corrected chi connectivity index (χ4v) is 1.94. The van der Waals surface area contributed by atoms with E-state index >= 15 is 0 Å². The summed E-state index contributed by atoms with van der Waals surface area (Å²) in [6.45, 7) is 6.97. The van der Waals surface area contributed by atoms with Crippen LogP contribution >= 0.6 is 0 Å². The van der Waals surface area contributed by atoms with Gasteiger partial charge >= 0.3 is 6.01 Å². The number of methoxy groups -OCH3 is 1. The number of carbonyl (C=O) groups is 1. The van der Waals surface area contributed by atoms with Crippen molar-refractivity contribution in [2.24, 2.45) is 0 Å². The van der Waals surface area contributed by atoms with Crippen LogP contribution in [0.1, 0.15) is 33.2 Å². The molecule has 7 heteroatoms. The third-order valence-corrected chi connectivity index (χ3v) is 2.93. The van der Waals surface area contributed by atoms with Gasteiger partial charge < -0.3 is 14.6 Å². The van der Waals surface area contributed by atoms with Crippen molar-refractivity contribution in [3.63, 3.8) is 0 Å². The van der Waals surface area contributed by atoms with E-state index in [9.17, 15) is 4.79 Å². The highest BCUT2D eigenvalue weighted by Gasteiger charge is 2.20. The van der Waals surface area contributed by atoms with Gasteiger partial charge in [0.2, 0.25) is 0 Å². The number of carbonyl (C=O) groups excluding carboxylic acids is 1. The van der Waals surface area contributed by atoms with Gasteiger partial charge in [0.25, 0.3) is 5.91 Å². The fourth-order valence-electron chi connectivity index (χ4n) is 1.94. The average Bonchev–Trinajstić information content (AvgIpc) is 2.73. The van der Waals surface area contributed by atoms with E-state index in [0.717, 1.165) is 0 Å². The van der Waals surface area contributed by atoms with Gasteiger partial charge in [-0.25, -0.2) is 0 Å². The lowest BCUT2D eigenvalue weighted by Gasteiger charge is -2.11. The number of amides is 1. The molecule has 0 aliphatic heterocycles. The molecular formula is C13H16N4O3. The summed E-state index contributed by atoms with van der Waals surface area (Å²) in [4.78, 5) is 20.6. The van der Waals surface area contributed by atoms with Crippen LogP contribution in [-0.2, 0) is 0 Å². The van der Waals surface area contributed by atoms with Crippen LogP contribution in [0.2, 0.25) is 0 Å². The monoisotopic (exact) mass is 276 g/mol. The van der Waals surface area contributed by atoms with E-state index in [0.29, 0.717) is 34.1 Å². The van der Waals surface area contributed by atoms with Crippen molar-refractivity contribution in [2.45, 2.75) is 27.7 Å². The molecule has 0 atom stereocenters. The molecule has 106 valence electrons. The molecule has 0 radical (unpaired) electrons. The van der Waals surface area contributed by atoms with Gasteiger partial charge in [-0.1, -0.05) is 5.16 Å². The molecule has 0 bridgehead atoms. The number of ether oxygens (including phenoxy) is 1. The molecule has 0 saturated carbocycles. The van der Waals surface area contributed by atoms with Gasteiger partial charge in [-0.2, -0.15) is 9.97 Å². The van der Waals surface area contributed by atoms with E-state index in [1.807, 2.05) is 0 Å². The molecule has 7 nitrogen and oxygen atoms in total. The minimum absolute atomic E-state index is 0.273. The lowest BCUT2D eigenvalue weighted by molar-refractivity contribution is 0.102. The number of nitrogens with zero attached hydrogens (tertiary/aromatic N) is 3. The summed E-state index contributed by atoms with van der Waals surface area (Å²) < 4.78 is 9.98. The Kier molecular flexibility index (Phi) is 3.69. The summed E-state index contributed by atoms with van der Waals surface area (Å²) in [6, 6.07) is 0.273. The molecule has 1 amide bonds. The predicted octanol–water partition coefficient (Wildman–Crippen LogP) is 1.96. The number of hydrogen-bond acceptors (Lipinski definition) is 6. The second-order valence-corrected chi connectivity index (χ2v) is 4.41. The molecule has 1 N–H and O–H groups in total. The van der Waals surface area contributed by atoms with Crippen molar-refractivity contribution in [2.75, 3.05) is 12.4 Å². The molecular weight excluding hydrogens is 260 g/mol. The zero-order valence-corrected chi connectivity index (χ0v) is 12.1. The number of anilines is 1. The van der Waals surface area contributed by atoms with Crippen LogP contribution in [0.5, 0.6) is 6.01 Å². The van der Waals surface area contributed by atoms with Crippen LogP contribution in [0.4, 0.5) is 5.69 Å². The molecule has 2 heterocycles. The van der Waals surface area contributed by atoms with Crippen molar-refractivity contribution < 1.29 is 14.1 Å². The largest absolute Gasteiger partial charge is 0.467 e. The molecule has 2 aromatic rings. The maximum absolute atomic E-state index is 12.3. The van der Waals surface area contributed by atoms with E-state index in [1.54, 1.807) is 27.7 Å². The Balaban J connectivity index is 2.33. The van der Waals surface area contributed by atoms with E-state index in [1.165, 1.54) is 7.11 Å². The molecule has 20 heavy (non-hydrogen) atoms. The number of aromatic nitrogens is 3. The summed E-state index contributed by atoms with van der Waals surface area (Å²) in [6.07, 6.45) is 0. The first kappa shape index (κ1) is 14.0. The highest BCUT2D eigenvalue weighted by atomic mass is 16.5. The summed E-state index contributed by atoms with van der Waals surface area (Å²) >= 11 is 0. The van der Waals surface area contributed by atoms with E-state index in [-0.39, 0.29) is 11.9 Å². The molecule has 0 unspecified atom stereocenters. The third-order valence-electron chi connectivity index (χ3n) is 2.93. The van der Waals surface area contributed by atoms with Gasteiger partial charge in [-0.3, -0.25) is 4.79 Å². The average molecular weight is 276 g/mol. The smallest absolute Gasteiger partial charge is 0.316 e. The summed E-state index contributed by atoms with van der Waals surface area (Å²) in [5, 5.41) is 6.56. The fraction of sp³-hybridized carbons (Fsp3) is 0.385. The minimum atomic E-state index is -0.291. The number of aryl methyl sites for hydroxylation is 4. The highest BCUT2D eigenvalue weighted by molar-refractivity contribution is 6.06. The van der Waals surface area contributed by atoms with Gasteiger partial charge in [0.15, 0.2) is 0 Å². The Labute approximate surface area is 116 Å². The van der Waals surface area contributed by atoms with Crippen molar-refractivity contribution in [3.8, 4) is 6.01 Å². The van der Waals surface area contributed by atoms with Gasteiger partial charge in [0.1, 0.15) is 11.3 Å². The maximum atomic E-state index is 12.3. The quantitative estimate of drug-likeness (QED) is 0.921. The topological polar surface area (TPSA) is 90.1 Å². The zero-order valence-electron chi connectivity index (χ0n) is 12.1. The number of rotatable bonds is 3. The molecule has 0 fully saturated rings. The second-order valence-electron chi connectivity index (χ2n) is 4.41. The Morgan fingerprint density at radius 1 is 1.10 bits per heavy atom. The van der Waals surface area contributed by atoms with Crippen molar-refractivity contribution in [1.82, 2.24) is 15.1 Å². The summed E-state index contributed by atoms with van der Waals surface area (Å²) in [7, 11) is 1.50. The maximum Gasteiger partial charge on any atom is 0.316 e. The normalized spacial score (nSPS) is 10.4. The molecule has 0 aromatic carbocycles. The minimum Gasteiger partial charge on any atom is -0.467 e. The van der Waals surface area contributed by atoms with Crippen LogP contribution < -0.4 is 10.1 Å². The van der Waals surface area contributed by atoms with Crippen LogP contribution in [-0.4, -0.2) is 28.1 Å². The van der Waals surface area contributed by atoms with Crippen molar-refractivity contribution >= 4 is 11.6 Å². The number of hydrogen-bond donors (Lipinski definition) is 1. The highest BCUT2D eigenvalue weighted by Crippen LogP contribution is 2.21. The van der Waals surface area contributed by atoms with E-state index in [4.69, 9.17) is 9.26 Å². The molecule has 0 aliphatic carbocycles. The van der Waals surface area contributed by atoms with E-state index in [2.05, 4.69) is 20.4 Å². The molecule has 2 aromatic heterocycles. The number of nitrogens with one attached hydrogen (secondary N) is 1. The van der Waals surface area contributed by atoms with Crippen molar-refractivity contribution in [3.05, 3.63) is 28.4 Å². The third kappa shape index (κ3) is 2.47. The van der Waals surface area contributed by atoms with Crippen LogP contribution in [0.25, 0.3) is 0 Å². The summed E-state index contributed by atoms with van der Waals surface area (Å²) in [5.41, 5.74) is 2.81. The summed E-state index contributed by atoms with van der Waals surface area (Å²) in [5.74, 6) is 0.186. The zero-order chi connectivity index (χ0) is 14.9. The first-order valence-corrected chi connectivity index (χ1v) is 6.07. The molecule has 2 rings (SSSR count). The Hall–Kier alpha value is -2.44. The van der Waals surface area contributed by atoms with Gasteiger partial charge in [0.05, 0.1) is 29.9 Å². The van der Waals surface area contributed by atoms with Crippen molar-refractivity contribution in [1.29, 1.82) is 0 Å². The molecule has 0 spiro atoms. The van der Waals surface area contributed by atoms with Crippen LogP contribution in [0.3, 0.4) is 0 Å². The lowest BCUT2D eigenvalue weighted by atomic mass is 10.2. The van der Waals surface area contributed by atoms with Crippen LogP contribution in [0, 0.1) is 27.7 Å². The Morgan fingerprint density at radius 2 is 1.70 bits per heavy atom. The SMILES string of the molecule is COc1nc(C)c(NC(=O)c2c(C)noc2C)c(C)n1. The first-order chi connectivity index (χ1) is 9.43. The van der Waals surface area contributed by atoms with Gasteiger partial charge in [0, 0.05) is 0 Å². The van der Waals surface area contributed by atoms with Crippen LogP contribution in [0.15, 0.2) is 4.52 Å². The van der Waals surface area contributed by atoms with E-state index < -0.39 is 0 Å². The van der Waals surface area contributed by atoms with Gasteiger partial charge in [-0.05, 0) is 27.7 Å².